The summed E-state index contributed by atoms with van der Waals surface area (Å²) in [7, 11) is 0. The first-order chi connectivity index (χ1) is 11.8. The van der Waals surface area contributed by atoms with Crippen LogP contribution in [0.5, 0.6) is 0 Å². The van der Waals surface area contributed by atoms with Crippen LogP contribution in [-0.4, -0.2) is 22.0 Å². The van der Waals surface area contributed by atoms with Crippen LogP contribution in [-0.2, 0) is 17.4 Å². The molecular formula is C16H14F3N3O3. The second kappa shape index (κ2) is 7.29. The number of imide groups is 1. The summed E-state index contributed by atoms with van der Waals surface area (Å²) < 4.78 is 41.8. The molecule has 2 aromatic rings. The SMILES string of the molecule is C=CCc1cc(-c2noc(C(F)(F)F)n2)ccc1C(=O)NC(=O)CC. The smallest absolute Gasteiger partial charge is 0.329 e. The van der Waals surface area contributed by atoms with Crippen LogP contribution in [0, 0.1) is 0 Å². The van der Waals surface area contributed by atoms with Crippen molar-refractivity contribution in [3.8, 4) is 11.4 Å². The predicted molar refractivity (Wildman–Crippen MR) is 81.4 cm³/mol. The number of benzene rings is 1. The van der Waals surface area contributed by atoms with Gasteiger partial charge in [0, 0.05) is 17.5 Å². The Morgan fingerprint density at radius 3 is 2.64 bits per heavy atom. The number of amides is 2. The molecule has 1 aromatic carbocycles. The minimum atomic E-state index is -4.74. The van der Waals surface area contributed by atoms with E-state index >= 15 is 0 Å². The second-order valence-electron chi connectivity index (χ2n) is 5.02. The number of allylic oxidation sites excluding steroid dienone is 1. The Morgan fingerprint density at radius 1 is 1.36 bits per heavy atom. The van der Waals surface area contributed by atoms with Crippen LogP contribution in [0.4, 0.5) is 13.2 Å². The zero-order valence-corrected chi connectivity index (χ0v) is 13.2. The van der Waals surface area contributed by atoms with Crippen molar-refractivity contribution in [2.24, 2.45) is 0 Å². The summed E-state index contributed by atoms with van der Waals surface area (Å²) in [5.74, 6) is -2.75. The lowest BCUT2D eigenvalue weighted by Gasteiger charge is -2.09. The van der Waals surface area contributed by atoms with Crippen molar-refractivity contribution in [3.63, 3.8) is 0 Å². The lowest BCUT2D eigenvalue weighted by atomic mass is 10.00. The first-order valence-electron chi connectivity index (χ1n) is 7.25. The standard InChI is InChI=1S/C16H14F3N3O3/c1-3-5-9-8-10(13-21-15(25-22-13)16(17,18)19)6-7-11(9)14(24)20-12(23)4-2/h3,6-8H,1,4-5H2,2H3,(H,20,23,24). The molecule has 2 rings (SSSR count). The molecule has 25 heavy (non-hydrogen) atoms. The van der Waals surface area contributed by atoms with Gasteiger partial charge in [-0.15, -0.1) is 6.58 Å². The van der Waals surface area contributed by atoms with E-state index in [9.17, 15) is 22.8 Å². The average molecular weight is 353 g/mol. The van der Waals surface area contributed by atoms with E-state index in [1.807, 2.05) is 0 Å². The van der Waals surface area contributed by atoms with Gasteiger partial charge in [-0.3, -0.25) is 14.9 Å². The summed E-state index contributed by atoms with van der Waals surface area (Å²) in [6.07, 6.45) is -2.81. The highest BCUT2D eigenvalue weighted by Gasteiger charge is 2.38. The highest BCUT2D eigenvalue weighted by molar-refractivity contribution is 6.05. The molecule has 0 radical (unpaired) electrons. The summed E-state index contributed by atoms with van der Waals surface area (Å²) in [5.41, 5.74) is 0.923. The van der Waals surface area contributed by atoms with Crippen molar-refractivity contribution in [1.29, 1.82) is 0 Å². The van der Waals surface area contributed by atoms with Gasteiger partial charge in [0.15, 0.2) is 0 Å². The summed E-state index contributed by atoms with van der Waals surface area (Å²) >= 11 is 0. The number of aromatic nitrogens is 2. The maximum atomic E-state index is 12.5. The van der Waals surface area contributed by atoms with E-state index in [2.05, 4.69) is 26.6 Å². The highest BCUT2D eigenvalue weighted by atomic mass is 19.4. The number of hydrogen-bond donors (Lipinski definition) is 1. The normalized spacial score (nSPS) is 11.2. The number of alkyl halides is 3. The Balaban J connectivity index is 2.38. The zero-order chi connectivity index (χ0) is 18.6. The number of carbonyl (C=O) groups is 2. The largest absolute Gasteiger partial charge is 0.471 e. The van der Waals surface area contributed by atoms with E-state index < -0.39 is 23.9 Å². The van der Waals surface area contributed by atoms with Crippen molar-refractivity contribution in [2.75, 3.05) is 0 Å². The Kier molecular flexibility index (Phi) is 5.35. The highest BCUT2D eigenvalue weighted by Crippen LogP contribution is 2.30. The molecule has 0 aliphatic rings. The molecule has 0 aliphatic heterocycles. The number of halogens is 3. The summed E-state index contributed by atoms with van der Waals surface area (Å²) in [5, 5.41) is 5.52. The van der Waals surface area contributed by atoms with Crippen molar-refractivity contribution in [3.05, 3.63) is 47.9 Å². The van der Waals surface area contributed by atoms with Crippen molar-refractivity contribution < 1.29 is 27.3 Å². The monoisotopic (exact) mass is 353 g/mol. The molecule has 1 N–H and O–H groups in total. The number of nitrogens with zero attached hydrogens (tertiary/aromatic N) is 2. The van der Waals surface area contributed by atoms with Gasteiger partial charge >= 0.3 is 12.1 Å². The molecule has 0 bridgehead atoms. The van der Waals surface area contributed by atoms with E-state index in [4.69, 9.17) is 0 Å². The first-order valence-corrected chi connectivity index (χ1v) is 7.25. The predicted octanol–water partition coefficient (Wildman–Crippen LogP) is 3.15. The van der Waals surface area contributed by atoms with Crippen LogP contribution in [0.15, 0.2) is 35.4 Å². The van der Waals surface area contributed by atoms with Crippen LogP contribution < -0.4 is 5.32 Å². The van der Waals surface area contributed by atoms with Gasteiger partial charge in [0.2, 0.25) is 11.7 Å². The molecule has 1 aromatic heterocycles. The molecule has 0 atom stereocenters. The molecule has 0 saturated carbocycles. The van der Waals surface area contributed by atoms with E-state index in [-0.39, 0.29) is 29.8 Å². The third kappa shape index (κ3) is 4.31. The number of rotatable bonds is 5. The average Bonchev–Trinajstić information content (AvgIpc) is 3.05. The van der Waals surface area contributed by atoms with Crippen molar-refractivity contribution in [1.82, 2.24) is 15.5 Å². The third-order valence-corrected chi connectivity index (χ3v) is 3.21. The summed E-state index contributed by atoms with van der Waals surface area (Å²) in [4.78, 5) is 26.8. The Hall–Kier alpha value is -2.97. The number of nitrogens with one attached hydrogen (secondary N) is 1. The van der Waals surface area contributed by atoms with Gasteiger partial charge < -0.3 is 4.52 Å². The van der Waals surface area contributed by atoms with E-state index in [0.29, 0.717) is 5.56 Å². The molecule has 6 nitrogen and oxygen atoms in total. The lowest BCUT2D eigenvalue weighted by Crippen LogP contribution is -2.30. The van der Waals surface area contributed by atoms with Crippen LogP contribution in [0.3, 0.4) is 0 Å². The fourth-order valence-electron chi connectivity index (χ4n) is 2.02. The molecular weight excluding hydrogens is 339 g/mol. The molecule has 1 heterocycles. The Bertz CT molecular complexity index is 812. The fraction of sp³-hybridized carbons (Fsp3) is 0.250. The molecule has 0 spiro atoms. The van der Waals surface area contributed by atoms with Gasteiger partial charge in [0.05, 0.1) is 0 Å². The van der Waals surface area contributed by atoms with Gasteiger partial charge in [-0.25, -0.2) is 0 Å². The first kappa shape index (κ1) is 18.4. The lowest BCUT2D eigenvalue weighted by molar-refractivity contribution is -0.159. The Morgan fingerprint density at radius 2 is 2.08 bits per heavy atom. The number of carbonyl (C=O) groups excluding carboxylic acids is 2. The van der Waals surface area contributed by atoms with E-state index in [0.717, 1.165) is 0 Å². The van der Waals surface area contributed by atoms with Gasteiger partial charge in [-0.05, 0) is 24.1 Å². The molecule has 9 heteroatoms. The van der Waals surface area contributed by atoms with Crippen LogP contribution in [0.1, 0.15) is 35.2 Å². The van der Waals surface area contributed by atoms with Gasteiger partial charge in [0.25, 0.3) is 5.91 Å². The zero-order valence-electron chi connectivity index (χ0n) is 13.2. The van der Waals surface area contributed by atoms with E-state index in [1.165, 1.54) is 24.3 Å². The Labute approximate surface area is 140 Å². The maximum absolute atomic E-state index is 12.5. The topological polar surface area (TPSA) is 85.1 Å². The molecule has 0 saturated heterocycles. The van der Waals surface area contributed by atoms with Gasteiger partial charge in [-0.1, -0.05) is 24.2 Å². The molecule has 132 valence electrons. The van der Waals surface area contributed by atoms with Gasteiger partial charge in [-0.2, -0.15) is 18.2 Å². The molecule has 0 aliphatic carbocycles. The summed E-state index contributed by atoms with van der Waals surface area (Å²) in [6.45, 7) is 5.18. The fourth-order valence-corrected chi connectivity index (χ4v) is 2.02. The molecule has 2 amide bonds. The van der Waals surface area contributed by atoms with Crippen LogP contribution in [0.25, 0.3) is 11.4 Å². The second-order valence-corrected chi connectivity index (χ2v) is 5.02. The van der Waals surface area contributed by atoms with Gasteiger partial charge in [0.1, 0.15) is 0 Å². The van der Waals surface area contributed by atoms with E-state index in [1.54, 1.807) is 6.92 Å². The quantitative estimate of drug-likeness (QED) is 0.835. The number of hydrogen-bond acceptors (Lipinski definition) is 5. The maximum Gasteiger partial charge on any atom is 0.471 e. The summed E-state index contributed by atoms with van der Waals surface area (Å²) in [6, 6.07) is 4.22. The minimum Gasteiger partial charge on any atom is -0.329 e. The third-order valence-electron chi connectivity index (χ3n) is 3.21. The van der Waals surface area contributed by atoms with Crippen molar-refractivity contribution in [2.45, 2.75) is 25.9 Å². The van der Waals surface area contributed by atoms with Crippen LogP contribution >= 0.6 is 0 Å². The van der Waals surface area contributed by atoms with Crippen LogP contribution in [0.2, 0.25) is 0 Å². The molecule has 0 fully saturated rings. The van der Waals surface area contributed by atoms with Crippen molar-refractivity contribution >= 4 is 11.8 Å². The molecule has 0 unspecified atom stereocenters. The minimum absolute atomic E-state index is 0.143.